The summed E-state index contributed by atoms with van der Waals surface area (Å²) in [6.45, 7) is 9.61. The Morgan fingerprint density at radius 1 is 1.13 bits per heavy atom. The molecule has 0 unspecified atom stereocenters. The van der Waals surface area contributed by atoms with Gasteiger partial charge in [0.05, 0.1) is 0 Å². The molecule has 5 heteroatoms. The molecule has 0 bridgehead atoms. The SMILES string of the molecule is CCn1c(C(=O)c2cc(C)cc(C)c2)c(C(C)C)c(=O)[nH]c1=O. The molecule has 2 aromatic rings. The second-order valence-electron chi connectivity index (χ2n) is 6.13. The van der Waals surface area contributed by atoms with Crippen LogP contribution in [0.1, 0.15) is 59.4 Å². The van der Waals surface area contributed by atoms with Crippen LogP contribution in [0, 0.1) is 13.8 Å². The first kappa shape index (κ1) is 16.9. The average molecular weight is 314 g/mol. The van der Waals surface area contributed by atoms with E-state index in [1.54, 1.807) is 19.1 Å². The third kappa shape index (κ3) is 3.18. The van der Waals surface area contributed by atoms with Crippen molar-refractivity contribution >= 4 is 5.78 Å². The first-order valence-electron chi connectivity index (χ1n) is 7.76. The highest BCUT2D eigenvalue weighted by Crippen LogP contribution is 2.19. The van der Waals surface area contributed by atoms with Gasteiger partial charge in [-0.15, -0.1) is 0 Å². The van der Waals surface area contributed by atoms with Gasteiger partial charge >= 0.3 is 5.69 Å². The van der Waals surface area contributed by atoms with Crippen LogP contribution in [0.15, 0.2) is 27.8 Å². The fourth-order valence-electron chi connectivity index (χ4n) is 2.91. The van der Waals surface area contributed by atoms with Gasteiger partial charge in [-0.05, 0) is 38.8 Å². The molecule has 23 heavy (non-hydrogen) atoms. The Bertz CT molecular complexity index is 853. The highest BCUT2D eigenvalue weighted by Gasteiger charge is 2.24. The summed E-state index contributed by atoms with van der Waals surface area (Å²) in [4.78, 5) is 39.7. The van der Waals surface area contributed by atoms with Gasteiger partial charge in [0.25, 0.3) is 5.56 Å². The van der Waals surface area contributed by atoms with E-state index in [0.717, 1.165) is 11.1 Å². The third-order valence-electron chi connectivity index (χ3n) is 3.83. The van der Waals surface area contributed by atoms with Gasteiger partial charge in [0.1, 0.15) is 5.69 Å². The number of aromatic nitrogens is 2. The summed E-state index contributed by atoms with van der Waals surface area (Å²) in [7, 11) is 0. The van der Waals surface area contributed by atoms with Crippen molar-refractivity contribution in [3.8, 4) is 0 Å². The van der Waals surface area contributed by atoms with Crippen molar-refractivity contribution in [1.82, 2.24) is 9.55 Å². The first-order chi connectivity index (χ1) is 10.8. The van der Waals surface area contributed by atoms with Gasteiger partial charge in [-0.25, -0.2) is 4.79 Å². The number of benzene rings is 1. The number of nitrogens with one attached hydrogen (secondary N) is 1. The molecule has 1 N–H and O–H groups in total. The monoisotopic (exact) mass is 314 g/mol. The minimum absolute atomic E-state index is 0.165. The number of hydrogen-bond donors (Lipinski definition) is 1. The Morgan fingerprint density at radius 3 is 2.17 bits per heavy atom. The summed E-state index contributed by atoms with van der Waals surface area (Å²) in [5, 5.41) is 0. The van der Waals surface area contributed by atoms with Crippen LogP contribution < -0.4 is 11.2 Å². The van der Waals surface area contributed by atoms with Crippen LogP contribution in [0.3, 0.4) is 0 Å². The predicted octanol–water partition coefficient (Wildman–Crippen LogP) is 2.53. The van der Waals surface area contributed by atoms with Crippen LogP contribution in [0.5, 0.6) is 0 Å². The normalized spacial score (nSPS) is 11.0. The maximum Gasteiger partial charge on any atom is 0.328 e. The third-order valence-corrected chi connectivity index (χ3v) is 3.83. The molecule has 0 radical (unpaired) electrons. The summed E-state index contributed by atoms with van der Waals surface area (Å²) < 4.78 is 1.34. The zero-order valence-electron chi connectivity index (χ0n) is 14.2. The van der Waals surface area contributed by atoms with Crippen LogP contribution in [-0.4, -0.2) is 15.3 Å². The second-order valence-corrected chi connectivity index (χ2v) is 6.13. The van der Waals surface area contributed by atoms with Crippen LogP contribution in [-0.2, 0) is 6.54 Å². The Balaban J connectivity index is 2.82. The predicted molar refractivity (Wildman–Crippen MR) is 90.4 cm³/mol. The van der Waals surface area contributed by atoms with Crippen molar-refractivity contribution in [3.63, 3.8) is 0 Å². The smallest absolute Gasteiger partial charge is 0.290 e. The fraction of sp³-hybridized carbons (Fsp3) is 0.389. The first-order valence-corrected chi connectivity index (χ1v) is 7.76. The van der Waals surface area contributed by atoms with Crippen molar-refractivity contribution < 1.29 is 4.79 Å². The number of ketones is 1. The number of aryl methyl sites for hydroxylation is 2. The lowest BCUT2D eigenvalue weighted by Gasteiger charge is -2.16. The fourth-order valence-corrected chi connectivity index (χ4v) is 2.91. The maximum atomic E-state index is 13.0. The van der Waals surface area contributed by atoms with Crippen molar-refractivity contribution in [1.29, 1.82) is 0 Å². The van der Waals surface area contributed by atoms with E-state index in [9.17, 15) is 14.4 Å². The summed E-state index contributed by atoms with van der Waals surface area (Å²) >= 11 is 0. The molecule has 1 aromatic heterocycles. The summed E-state index contributed by atoms with van der Waals surface area (Å²) in [5.41, 5.74) is 1.95. The number of rotatable bonds is 4. The van der Waals surface area contributed by atoms with Gasteiger partial charge in [-0.1, -0.05) is 31.0 Å². The molecule has 0 spiro atoms. The Morgan fingerprint density at radius 2 is 1.70 bits per heavy atom. The van der Waals surface area contributed by atoms with Gasteiger partial charge in [0.2, 0.25) is 5.78 Å². The Labute approximate surface area is 135 Å². The maximum absolute atomic E-state index is 13.0. The van der Waals surface area contributed by atoms with Crippen LogP contribution in [0.25, 0.3) is 0 Å². The second kappa shape index (κ2) is 6.36. The minimum atomic E-state index is -0.547. The largest absolute Gasteiger partial charge is 0.328 e. The van der Waals surface area contributed by atoms with Crippen LogP contribution in [0.2, 0.25) is 0 Å². The van der Waals surface area contributed by atoms with E-state index in [-0.39, 0.29) is 17.4 Å². The number of nitrogens with zero attached hydrogens (tertiary/aromatic N) is 1. The molecule has 0 aliphatic carbocycles. The average Bonchev–Trinajstić information content (AvgIpc) is 2.44. The molecule has 0 atom stereocenters. The number of carbonyl (C=O) groups is 1. The van der Waals surface area contributed by atoms with Gasteiger partial charge < -0.3 is 0 Å². The van der Waals surface area contributed by atoms with Crippen molar-refractivity contribution in [2.45, 2.75) is 47.1 Å². The van der Waals surface area contributed by atoms with Gasteiger partial charge in [-0.3, -0.25) is 19.1 Å². The molecule has 0 saturated carbocycles. The molecule has 0 fully saturated rings. The molecule has 1 aromatic carbocycles. The zero-order valence-corrected chi connectivity index (χ0v) is 14.2. The van der Waals surface area contributed by atoms with E-state index >= 15 is 0 Å². The number of H-pyrrole nitrogens is 1. The lowest BCUT2D eigenvalue weighted by Crippen LogP contribution is -2.37. The van der Waals surface area contributed by atoms with Crippen LogP contribution in [0.4, 0.5) is 0 Å². The zero-order chi connectivity index (χ0) is 17.3. The molecule has 122 valence electrons. The lowest BCUT2D eigenvalue weighted by molar-refractivity contribution is 0.102. The Kier molecular flexibility index (Phi) is 4.68. The quantitative estimate of drug-likeness (QED) is 0.881. The van der Waals surface area contributed by atoms with E-state index < -0.39 is 11.2 Å². The topological polar surface area (TPSA) is 71.9 Å². The molecular formula is C18H22N2O3. The number of carbonyl (C=O) groups excluding carboxylic acids is 1. The van der Waals surface area contributed by atoms with E-state index in [1.165, 1.54) is 4.57 Å². The Hall–Kier alpha value is -2.43. The highest BCUT2D eigenvalue weighted by molar-refractivity contribution is 6.09. The van der Waals surface area contributed by atoms with E-state index in [4.69, 9.17) is 0 Å². The molecule has 0 amide bonds. The van der Waals surface area contributed by atoms with Crippen LogP contribution >= 0.6 is 0 Å². The molecular weight excluding hydrogens is 292 g/mol. The molecule has 0 aliphatic rings. The van der Waals surface area contributed by atoms with Crippen molar-refractivity contribution in [3.05, 3.63) is 67.0 Å². The summed E-state index contributed by atoms with van der Waals surface area (Å²) in [6.07, 6.45) is 0. The molecule has 2 rings (SSSR count). The van der Waals surface area contributed by atoms with E-state index in [2.05, 4.69) is 4.98 Å². The molecule has 0 saturated heterocycles. The van der Waals surface area contributed by atoms with E-state index in [1.807, 2.05) is 33.8 Å². The number of aromatic amines is 1. The van der Waals surface area contributed by atoms with Crippen molar-refractivity contribution in [2.75, 3.05) is 0 Å². The van der Waals surface area contributed by atoms with Gasteiger partial charge in [-0.2, -0.15) is 0 Å². The summed E-state index contributed by atoms with van der Waals surface area (Å²) in [5.74, 6) is -0.451. The minimum Gasteiger partial charge on any atom is -0.290 e. The standard InChI is InChI=1S/C18H22N2O3/c1-6-20-15(14(10(2)3)17(22)19-18(20)23)16(21)13-8-11(4)7-12(5)9-13/h7-10H,6H2,1-5H3,(H,19,22,23). The molecule has 0 aliphatic heterocycles. The lowest BCUT2D eigenvalue weighted by atomic mass is 9.95. The number of hydrogen-bond acceptors (Lipinski definition) is 3. The van der Waals surface area contributed by atoms with Crippen molar-refractivity contribution in [2.24, 2.45) is 0 Å². The van der Waals surface area contributed by atoms with Gasteiger partial charge in [0, 0.05) is 17.7 Å². The van der Waals surface area contributed by atoms with E-state index in [0.29, 0.717) is 17.7 Å². The molecule has 1 heterocycles. The summed E-state index contributed by atoms with van der Waals surface area (Å²) in [6, 6.07) is 5.54. The highest BCUT2D eigenvalue weighted by atomic mass is 16.2. The van der Waals surface area contributed by atoms with Gasteiger partial charge in [0.15, 0.2) is 0 Å². The molecule has 5 nitrogen and oxygen atoms in total.